The molecule has 0 aliphatic rings. The third-order valence-electron chi connectivity index (χ3n) is 5.76. The van der Waals surface area contributed by atoms with Crippen molar-refractivity contribution >= 4 is 17.7 Å². The van der Waals surface area contributed by atoms with E-state index in [1.54, 1.807) is 37.7 Å². The van der Waals surface area contributed by atoms with Gasteiger partial charge >= 0.3 is 5.97 Å². The highest BCUT2D eigenvalue weighted by atomic mass is 16.5. The van der Waals surface area contributed by atoms with Crippen molar-refractivity contribution in [2.24, 2.45) is 0 Å². The zero-order valence-electron chi connectivity index (χ0n) is 20.9. The molecule has 0 radical (unpaired) electrons. The Kier molecular flexibility index (Phi) is 8.40. The average Bonchev–Trinajstić information content (AvgIpc) is 2.87. The molecular formula is C25H32N6O4. The lowest BCUT2D eigenvalue weighted by atomic mass is 10.0. The monoisotopic (exact) mass is 480 g/mol. The van der Waals surface area contributed by atoms with Gasteiger partial charge < -0.3 is 24.8 Å². The molecule has 10 heteroatoms. The number of benzene rings is 1. The molecule has 0 aliphatic heterocycles. The molecule has 0 aliphatic carbocycles. The van der Waals surface area contributed by atoms with Gasteiger partial charge in [-0.3, -0.25) is 9.97 Å². The fourth-order valence-corrected chi connectivity index (χ4v) is 3.56. The number of carbonyl (C=O) groups is 1. The van der Waals surface area contributed by atoms with Crippen LogP contribution < -0.4 is 19.7 Å². The minimum Gasteiger partial charge on any atom is -0.496 e. The maximum absolute atomic E-state index is 12.1. The van der Waals surface area contributed by atoms with Crippen molar-refractivity contribution in [2.75, 3.05) is 38.5 Å². The normalized spacial score (nSPS) is 12.5. The Bertz CT molecular complexity index is 1130. The number of hydrogen-bond donors (Lipinski definition) is 2. The smallest absolute Gasteiger partial charge is 0.326 e. The number of nitrogens with one attached hydrogen (secondary N) is 1. The number of methoxy groups -OCH3 is 2. The van der Waals surface area contributed by atoms with Crippen molar-refractivity contribution in [2.45, 2.75) is 38.6 Å². The van der Waals surface area contributed by atoms with Crippen molar-refractivity contribution < 1.29 is 19.4 Å². The van der Waals surface area contributed by atoms with Gasteiger partial charge in [-0.15, -0.1) is 0 Å². The largest absolute Gasteiger partial charge is 0.496 e. The van der Waals surface area contributed by atoms with Crippen molar-refractivity contribution in [1.82, 2.24) is 19.9 Å². The third-order valence-corrected chi connectivity index (χ3v) is 5.76. The van der Waals surface area contributed by atoms with Crippen LogP contribution in [-0.4, -0.2) is 65.4 Å². The van der Waals surface area contributed by atoms with Gasteiger partial charge in [-0.1, -0.05) is 19.9 Å². The second kappa shape index (κ2) is 11.5. The van der Waals surface area contributed by atoms with Gasteiger partial charge in [0.05, 0.1) is 37.4 Å². The summed E-state index contributed by atoms with van der Waals surface area (Å²) < 4.78 is 10.9. The molecule has 2 aromatic heterocycles. The van der Waals surface area contributed by atoms with E-state index in [9.17, 15) is 9.90 Å². The highest BCUT2D eigenvalue weighted by molar-refractivity contribution is 5.78. The molecule has 3 aromatic rings. The van der Waals surface area contributed by atoms with Crippen LogP contribution in [0.1, 0.15) is 37.4 Å². The van der Waals surface area contributed by atoms with Crippen LogP contribution in [0.5, 0.6) is 11.5 Å². The molecule has 10 nitrogen and oxygen atoms in total. The van der Waals surface area contributed by atoms with E-state index in [4.69, 9.17) is 9.47 Å². The minimum atomic E-state index is -1.01. The Hall–Kier alpha value is -3.95. The van der Waals surface area contributed by atoms with Gasteiger partial charge in [0.2, 0.25) is 5.95 Å². The van der Waals surface area contributed by atoms with Gasteiger partial charge in [0.15, 0.2) is 0 Å². The first-order chi connectivity index (χ1) is 16.8. The van der Waals surface area contributed by atoms with Crippen LogP contribution in [0.2, 0.25) is 0 Å². The summed E-state index contributed by atoms with van der Waals surface area (Å²) in [4.78, 5) is 31.9. The molecule has 1 aromatic carbocycles. The van der Waals surface area contributed by atoms with Crippen LogP contribution in [0.4, 0.5) is 11.8 Å². The quantitative estimate of drug-likeness (QED) is 0.420. The van der Waals surface area contributed by atoms with Crippen LogP contribution in [0.25, 0.3) is 11.3 Å². The van der Waals surface area contributed by atoms with Crippen molar-refractivity contribution in [3.63, 3.8) is 0 Å². The van der Waals surface area contributed by atoms with E-state index in [-0.39, 0.29) is 12.3 Å². The SMILES string of the molecule is CCC(C)c1cnc(N(C)C)nc1N[C@@H](Cc1cnc(-c2c(OC)cccc2OC)cn1)C(=O)O. The fourth-order valence-electron chi connectivity index (χ4n) is 3.56. The molecule has 0 amide bonds. The number of nitrogens with zero attached hydrogens (tertiary/aromatic N) is 5. The van der Waals surface area contributed by atoms with E-state index in [0.29, 0.717) is 40.2 Å². The summed E-state index contributed by atoms with van der Waals surface area (Å²) in [6.45, 7) is 4.13. The van der Waals surface area contributed by atoms with Crippen molar-refractivity contribution in [3.05, 3.63) is 48.0 Å². The summed E-state index contributed by atoms with van der Waals surface area (Å²) in [7, 11) is 6.83. The van der Waals surface area contributed by atoms with Gasteiger partial charge in [-0.2, -0.15) is 4.98 Å². The predicted octanol–water partition coefficient (Wildman–Crippen LogP) is 3.64. The van der Waals surface area contributed by atoms with Crippen LogP contribution in [0, 0.1) is 0 Å². The average molecular weight is 481 g/mol. The topological polar surface area (TPSA) is 123 Å². The van der Waals surface area contributed by atoms with E-state index in [1.165, 1.54) is 0 Å². The maximum Gasteiger partial charge on any atom is 0.326 e. The number of ether oxygens (including phenoxy) is 2. The predicted molar refractivity (Wildman–Crippen MR) is 134 cm³/mol. The highest BCUT2D eigenvalue weighted by Crippen LogP contribution is 2.36. The summed E-state index contributed by atoms with van der Waals surface area (Å²) in [5, 5.41) is 13.0. The van der Waals surface area contributed by atoms with Gasteiger partial charge in [-0.05, 0) is 24.5 Å². The first kappa shape index (κ1) is 25.7. The van der Waals surface area contributed by atoms with Gasteiger partial charge in [0.1, 0.15) is 23.4 Å². The van der Waals surface area contributed by atoms with Crippen LogP contribution in [0.15, 0.2) is 36.8 Å². The van der Waals surface area contributed by atoms with Crippen LogP contribution in [-0.2, 0) is 11.2 Å². The number of aliphatic carboxylic acids is 1. The summed E-state index contributed by atoms with van der Waals surface area (Å²) in [5.74, 6) is 1.37. The zero-order chi connectivity index (χ0) is 25.5. The Balaban J connectivity index is 1.88. The Labute approximate surface area is 205 Å². The molecule has 186 valence electrons. The van der Waals surface area contributed by atoms with E-state index in [1.807, 2.05) is 32.3 Å². The number of carboxylic acid groups (broad SMARTS) is 1. The molecule has 2 N–H and O–H groups in total. The summed E-state index contributed by atoms with van der Waals surface area (Å²) >= 11 is 0. The first-order valence-electron chi connectivity index (χ1n) is 11.3. The zero-order valence-corrected chi connectivity index (χ0v) is 20.9. The molecule has 35 heavy (non-hydrogen) atoms. The molecule has 0 fully saturated rings. The van der Waals surface area contributed by atoms with Crippen LogP contribution >= 0.6 is 0 Å². The minimum absolute atomic E-state index is 0.118. The Morgan fingerprint density at radius 1 is 1.09 bits per heavy atom. The lowest BCUT2D eigenvalue weighted by molar-refractivity contribution is -0.137. The molecule has 0 saturated heterocycles. The van der Waals surface area contributed by atoms with Gasteiger partial charge in [0.25, 0.3) is 0 Å². The molecule has 3 rings (SSSR count). The lowest BCUT2D eigenvalue weighted by Crippen LogP contribution is -2.33. The number of carboxylic acids is 1. The molecular weight excluding hydrogens is 448 g/mol. The Morgan fingerprint density at radius 2 is 1.77 bits per heavy atom. The Morgan fingerprint density at radius 3 is 2.29 bits per heavy atom. The summed E-state index contributed by atoms with van der Waals surface area (Å²) in [6.07, 6.45) is 5.91. The van der Waals surface area contributed by atoms with Crippen molar-refractivity contribution in [3.8, 4) is 22.8 Å². The number of anilines is 2. The molecule has 0 saturated carbocycles. The summed E-state index contributed by atoms with van der Waals surface area (Å²) in [6, 6.07) is 4.50. The van der Waals surface area contributed by atoms with E-state index in [0.717, 1.165) is 12.0 Å². The van der Waals surface area contributed by atoms with Crippen molar-refractivity contribution in [1.29, 1.82) is 0 Å². The second-order valence-corrected chi connectivity index (χ2v) is 8.35. The van der Waals surface area contributed by atoms with Gasteiger partial charge in [-0.25, -0.2) is 9.78 Å². The number of aromatic nitrogens is 4. The third kappa shape index (κ3) is 5.95. The molecule has 2 heterocycles. The molecule has 0 spiro atoms. The summed E-state index contributed by atoms with van der Waals surface area (Å²) in [5.41, 5.74) is 2.64. The number of hydrogen-bond acceptors (Lipinski definition) is 9. The van der Waals surface area contributed by atoms with Crippen LogP contribution in [0.3, 0.4) is 0 Å². The van der Waals surface area contributed by atoms with E-state index >= 15 is 0 Å². The highest BCUT2D eigenvalue weighted by Gasteiger charge is 2.23. The molecule has 0 bridgehead atoms. The molecule has 1 unspecified atom stereocenters. The number of rotatable bonds is 11. The standard InChI is InChI=1S/C25H32N6O4/c1-7-15(2)17-13-28-25(31(3)4)30-23(17)29-18(24(32)33)11-16-12-27-19(14-26-16)22-20(34-5)9-8-10-21(22)35-6/h8-10,12-15,18H,7,11H2,1-6H3,(H,32,33)(H,28,29,30)/t15?,18-/m0/s1. The fraction of sp³-hybridized carbons (Fsp3) is 0.400. The molecule has 2 atom stereocenters. The van der Waals surface area contributed by atoms with E-state index < -0.39 is 12.0 Å². The first-order valence-corrected chi connectivity index (χ1v) is 11.3. The second-order valence-electron chi connectivity index (χ2n) is 8.35. The van der Waals surface area contributed by atoms with Gasteiger partial charge in [0, 0.05) is 38.5 Å². The maximum atomic E-state index is 12.1. The lowest BCUT2D eigenvalue weighted by Gasteiger charge is -2.21. The van der Waals surface area contributed by atoms with E-state index in [2.05, 4.69) is 39.1 Å².